The van der Waals surface area contributed by atoms with Crippen molar-refractivity contribution in [3.63, 3.8) is 0 Å². The molecule has 9 heteroatoms. The number of hydrogen-bond acceptors (Lipinski definition) is 6. The summed E-state index contributed by atoms with van der Waals surface area (Å²) in [6, 6.07) is 41.3. The molecule has 0 spiro atoms. The minimum absolute atomic E-state index is 0. The number of hydrogen-bond donors (Lipinski definition) is 0. The fourth-order valence-electron chi connectivity index (χ4n) is 6.86. The van der Waals surface area contributed by atoms with Crippen LogP contribution in [-0.4, -0.2) is 28.2 Å². The van der Waals surface area contributed by atoms with Crippen LogP contribution in [0.15, 0.2) is 120 Å². The molecule has 0 aliphatic heterocycles. The average molecular weight is 958 g/mol. The first-order chi connectivity index (χ1) is 27.2. The number of nitriles is 1. The fraction of sp³-hybridized carbons (Fsp3) is 0.204. The summed E-state index contributed by atoms with van der Waals surface area (Å²) in [7, 11) is -1.41. The third kappa shape index (κ3) is 8.75. The number of pyridine rings is 1. The molecular formula is C49H44FIrN5OSi-2. The number of aromatic nitrogens is 4. The monoisotopic (exact) mass is 958 g/mol. The van der Waals surface area contributed by atoms with E-state index < -0.39 is 8.07 Å². The Morgan fingerprint density at radius 2 is 1.45 bits per heavy atom. The second kappa shape index (κ2) is 17.1. The quantitative estimate of drug-likeness (QED) is 0.122. The maximum atomic E-state index is 13.0. The summed E-state index contributed by atoms with van der Waals surface area (Å²) in [5.74, 6) is 0.864. The van der Waals surface area contributed by atoms with Gasteiger partial charge in [-0.2, -0.15) is 10.4 Å². The molecule has 0 amide bonds. The Morgan fingerprint density at radius 3 is 2.05 bits per heavy atom. The molecule has 58 heavy (non-hydrogen) atoms. The van der Waals surface area contributed by atoms with E-state index in [4.69, 9.17) is 4.42 Å². The van der Waals surface area contributed by atoms with Crippen LogP contribution >= 0.6 is 0 Å². The number of fused-ring (bicyclic) bond motifs is 3. The van der Waals surface area contributed by atoms with Crippen molar-refractivity contribution in [3.05, 3.63) is 150 Å². The molecule has 8 aromatic rings. The maximum Gasteiger partial charge on any atom is 0.154 e. The maximum absolute atomic E-state index is 13.0. The summed E-state index contributed by atoms with van der Waals surface area (Å²) in [5, 5.41) is 22.0. The summed E-state index contributed by atoms with van der Waals surface area (Å²) < 4.78 is 19.5. The van der Waals surface area contributed by atoms with E-state index in [0.717, 1.165) is 44.3 Å². The van der Waals surface area contributed by atoms with E-state index >= 15 is 0 Å². The van der Waals surface area contributed by atoms with Gasteiger partial charge in [0.15, 0.2) is 5.82 Å². The first-order valence-corrected chi connectivity index (χ1v) is 22.6. The molecule has 0 saturated heterocycles. The number of halogens is 1. The molecule has 3 heterocycles. The number of rotatable bonds is 6. The van der Waals surface area contributed by atoms with Gasteiger partial charge in [-0.3, -0.25) is 4.39 Å². The summed E-state index contributed by atoms with van der Waals surface area (Å²) in [4.78, 5) is 9.10. The van der Waals surface area contributed by atoms with Crippen molar-refractivity contribution < 1.29 is 28.9 Å². The second-order valence-corrected chi connectivity index (χ2v) is 21.6. The zero-order valence-corrected chi connectivity index (χ0v) is 37.3. The van der Waals surface area contributed by atoms with E-state index in [2.05, 4.69) is 123 Å². The molecule has 0 bridgehead atoms. The zero-order chi connectivity index (χ0) is 40.5. The number of benzene rings is 5. The summed E-state index contributed by atoms with van der Waals surface area (Å²) >= 11 is 0. The molecule has 0 N–H and O–H groups in total. The van der Waals surface area contributed by atoms with E-state index in [9.17, 15) is 9.65 Å². The molecule has 6 nitrogen and oxygen atoms in total. The Kier molecular flexibility index (Phi) is 12.3. The van der Waals surface area contributed by atoms with Gasteiger partial charge in [0.1, 0.15) is 5.58 Å². The van der Waals surface area contributed by atoms with E-state index in [1.165, 1.54) is 22.9 Å². The Bertz CT molecular complexity index is 2730. The third-order valence-corrected chi connectivity index (χ3v) is 11.9. The third-order valence-electron chi connectivity index (χ3n) is 9.91. The van der Waals surface area contributed by atoms with Crippen LogP contribution in [0.5, 0.6) is 0 Å². The van der Waals surface area contributed by atoms with Crippen LogP contribution in [0.4, 0.5) is 4.39 Å². The molecular weight excluding hydrogens is 914 g/mol. The van der Waals surface area contributed by atoms with Crippen molar-refractivity contribution in [1.82, 2.24) is 20.2 Å². The minimum Gasteiger partial charge on any atom is -0.500 e. The Morgan fingerprint density at radius 1 is 0.759 bits per heavy atom. The molecule has 0 aliphatic rings. The Balaban J connectivity index is 0.000000230. The molecule has 0 saturated carbocycles. The van der Waals surface area contributed by atoms with E-state index in [1.807, 2.05) is 60.8 Å². The second-order valence-electron chi connectivity index (χ2n) is 16.5. The van der Waals surface area contributed by atoms with E-state index in [0.29, 0.717) is 39.7 Å². The molecule has 0 fully saturated rings. The van der Waals surface area contributed by atoms with Gasteiger partial charge in [-0.1, -0.05) is 138 Å². The van der Waals surface area contributed by atoms with Crippen LogP contribution in [0.3, 0.4) is 0 Å². The number of furan rings is 1. The zero-order valence-electron chi connectivity index (χ0n) is 33.9. The summed E-state index contributed by atoms with van der Waals surface area (Å²) in [6.45, 7) is 17.6. The number of nitrogens with zero attached hydrogens (tertiary/aromatic N) is 5. The minimum atomic E-state index is -1.41. The Hall–Kier alpha value is -5.65. The van der Waals surface area contributed by atoms with Crippen molar-refractivity contribution in [2.24, 2.45) is 0 Å². The smallest absolute Gasteiger partial charge is 0.154 e. The first kappa shape index (κ1) is 42.0. The summed E-state index contributed by atoms with van der Waals surface area (Å²) in [5.41, 5.74) is 9.97. The Labute approximate surface area is 354 Å². The predicted octanol–water partition coefficient (Wildman–Crippen LogP) is 12.1. The van der Waals surface area contributed by atoms with Gasteiger partial charge in [-0.15, -0.1) is 53.1 Å². The van der Waals surface area contributed by atoms with Gasteiger partial charge >= 0.3 is 0 Å². The molecule has 0 unspecified atom stereocenters. The van der Waals surface area contributed by atoms with Gasteiger partial charge in [0, 0.05) is 60.4 Å². The van der Waals surface area contributed by atoms with Gasteiger partial charge in [0.2, 0.25) is 0 Å². The predicted molar refractivity (Wildman–Crippen MR) is 231 cm³/mol. The van der Waals surface area contributed by atoms with Crippen LogP contribution in [-0.2, 0) is 25.5 Å². The van der Waals surface area contributed by atoms with Crippen molar-refractivity contribution in [3.8, 4) is 50.8 Å². The fourth-order valence-corrected chi connectivity index (χ4v) is 8.53. The SMILES string of the molecule is CC(C)(C)c1ncc(-c2[c-]ccc3c2oc2c(-c4ccc(-c5ccccc5)cc4)c(C#N)ccc23)nn1.CC(C)c1cc(-c2[c-]cc(F)cc2)ncc1[Si](C)(C)C.[Ir]. The largest absolute Gasteiger partial charge is 0.500 e. The molecule has 8 rings (SSSR count). The van der Waals surface area contributed by atoms with Crippen molar-refractivity contribution in [2.45, 2.75) is 65.6 Å². The van der Waals surface area contributed by atoms with E-state index in [1.54, 1.807) is 12.3 Å². The first-order valence-electron chi connectivity index (χ1n) is 19.1. The molecule has 0 aliphatic carbocycles. The molecule has 0 atom stereocenters. The van der Waals surface area contributed by atoms with Crippen LogP contribution in [0.1, 0.15) is 57.5 Å². The molecule has 3 aromatic heterocycles. The average Bonchev–Trinajstić information content (AvgIpc) is 3.59. The molecule has 293 valence electrons. The van der Waals surface area contributed by atoms with E-state index in [-0.39, 0.29) is 31.3 Å². The molecule has 1 radical (unpaired) electrons. The van der Waals surface area contributed by atoms with Gasteiger partial charge in [-0.25, -0.2) is 4.98 Å². The van der Waals surface area contributed by atoms with Crippen LogP contribution in [0.2, 0.25) is 19.6 Å². The van der Waals surface area contributed by atoms with Gasteiger partial charge in [0.05, 0.1) is 25.3 Å². The van der Waals surface area contributed by atoms with Gasteiger partial charge in [0.25, 0.3) is 0 Å². The topological polar surface area (TPSA) is 88.5 Å². The van der Waals surface area contributed by atoms with Crippen molar-refractivity contribution in [2.75, 3.05) is 0 Å². The molecule has 5 aromatic carbocycles. The van der Waals surface area contributed by atoms with Crippen LogP contribution < -0.4 is 5.19 Å². The van der Waals surface area contributed by atoms with Crippen molar-refractivity contribution in [1.29, 1.82) is 5.26 Å². The van der Waals surface area contributed by atoms with Gasteiger partial charge in [-0.05, 0) is 39.6 Å². The van der Waals surface area contributed by atoms with Crippen LogP contribution in [0.25, 0.3) is 66.7 Å². The van der Waals surface area contributed by atoms with Crippen molar-refractivity contribution >= 4 is 35.2 Å². The normalized spacial score (nSPS) is 11.5. The van der Waals surface area contributed by atoms with Gasteiger partial charge < -0.3 is 9.40 Å². The van der Waals surface area contributed by atoms with Crippen LogP contribution in [0, 0.1) is 29.3 Å². The summed E-state index contributed by atoms with van der Waals surface area (Å²) in [6.07, 6.45) is 3.73. The standard InChI is InChI=1S/C32H23N4O.C17H21FNSi.Ir/c1-32(2,3)31-34-19-27(35-36-31)26-11-7-10-24-25-17-16-23(18-33)28(30(25)37-29(24)26)22-14-12-21(13-15-22)20-8-5-4-6-9-20;1-12(2)15-10-16(13-6-8-14(18)9-7-13)19-11-17(15)20(3,4)5;/h4-10,12-17,19H,1-3H3;6,8-12H,1-5H3;/q2*-1;.